The van der Waals surface area contributed by atoms with Crippen molar-refractivity contribution in [2.24, 2.45) is 7.05 Å². The van der Waals surface area contributed by atoms with Crippen LogP contribution in [0.5, 0.6) is 5.88 Å². The SMILES string of the molecule is COc1cc(CNCc2ccccc2N)nn1C. The number of para-hydroxylation sites is 1. The molecular weight excluding hydrogens is 228 g/mol. The van der Waals surface area contributed by atoms with Crippen LogP contribution in [0.1, 0.15) is 11.3 Å². The summed E-state index contributed by atoms with van der Waals surface area (Å²) in [7, 11) is 3.50. The number of anilines is 1. The van der Waals surface area contributed by atoms with Crippen molar-refractivity contribution in [3.05, 3.63) is 41.6 Å². The fourth-order valence-electron chi connectivity index (χ4n) is 1.80. The molecule has 1 aromatic heterocycles. The van der Waals surface area contributed by atoms with Gasteiger partial charge < -0.3 is 15.8 Å². The number of aryl methyl sites for hydroxylation is 1. The third-order valence-corrected chi connectivity index (χ3v) is 2.77. The molecule has 0 atom stereocenters. The Hall–Kier alpha value is -2.01. The predicted octanol–water partition coefficient (Wildman–Crippen LogP) is 1.30. The molecule has 0 aliphatic heterocycles. The second-order valence-corrected chi connectivity index (χ2v) is 4.10. The molecule has 1 aromatic carbocycles. The van der Waals surface area contributed by atoms with E-state index in [4.69, 9.17) is 10.5 Å². The molecule has 0 unspecified atom stereocenters. The first-order valence-electron chi connectivity index (χ1n) is 5.81. The van der Waals surface area contributed by atoms with Crippen LogP contribution in [0.15, 0.2) is 30.3 Å². The third-order valence-electron chi connectivity index (χ3n) is 2.77. The third kappa shape index (κ3) is 2.81. The fourth-order valence-corrected chi connectivity index (χ4v) is 1.80. The van der Waals surface area contributed by atoms with E-state index in [1.165, 1.54) is 0 Å². The van der Waals surface area contributed by atoms with E-state index in [2.05, 4.69) is 10.4 Å². The summed E-state index contributed by atoms with van der Waals surface area (Å²) in [5.74, 6) is 0.756. The van der Waals surface area contributed by atoms with Gasteiger partial charge in [0.1, 0.15) is 0 Å². The van der Waals surface area contributed by atoms with Gasteiger partial charge in [-0.2, -0.15) is 5.10 Å². The molecule has 0 fully saturated rings. The molecule has 5 nitrogen and oxygen atoms in total. The number of ether oxygens (including phenoxy) is 1. The van der Waals surface area contributed by atoms with E-state index in [1.54, 1.807) is 11.8 Å². The number of benzene rings is 1. The summed E-state index contributed by atoms with van der Waals surface area (Å²) in [6, 6.07) is 9.75. The van der Waals surface area contributed by atoms with Gasteiger partial charge in [0.05, 0.1) is 12.8 Å². The van der Waals surface area contributed by atoms with Gasteiger partial charge in [-0.3, -0.25) is 0 Å². The highest BCUT2D eigenvalue weighted by atomic mass is 16.5. The van der Waals surface area contributed by atoms with Crippen LogP contribution < -0.4 is 15.8 Å². The highest BCUT2D eigenvalue weighted by Crippen LogP contribution is 2.12. The van der Waals surface area contributed by atoms with Gasteiger partial charge in [0.25, 0.3) is 0 Å². The average molecular weight is 246 g/mol. The minimum atomic E-state index is 0.686. The number of nitrogen functional groups attached to an aromatic ring is 1. The Kier molecular flexibility index (Phi) is 3.84. The molecule has 3 N–H and O–H groups in total. The summed E-state index contributed by atoms with van der Waals surface area (Å²) in [6.45, 7) is 1.41. The normalized spacial score (nSPS) is 10.6. The minimum absolute atomic E-state index is 0.686. The van der Waals surface area contributed by atoms with Gasteiger partial charge in [-0.15, -0.1) is 0 Å². The van der Waals surface area contributed by atoms with Crippen molar-refractivity contribution in [1.29, 1.82) is 0 Å². The molecule has 1 heterocycles. The minimum Gasteiger partial charge on any atom is -0.481 e. The summed E-state index contributed by atoms with van der Waals surface area (Å²) in [4.78, 5) is 0. The van der Waals surface area contributed by atoms with Crippen molar-refractivity contribution >= 4 is 5.69 Å². The standard InChI is InChI=1S/C13H18N4O/c1-17-13(18-2)7-11(16-17)9-15-8-10-5-3-4-6-12(10)14/h3-7,15H,8-9,14H2,1-2H3. The van der Waals surface area contributed by atoms with Crippen molar-refractivity contribution in [3.63, 3.8) is 0 Å². The average Bonchev–Trinajstić information content (AvgIpc) is 2.72. The number of hydrogen-bond donors (Lipinski definition) is 2. The van der Waals surface area contributed by atoms with Crippen molar-refractivity contribution in [2.75, 3.05) is 12.8 Å². The van der Waals surface area contributed by atoms with Crippen LogP contribution in [0.3, 0.4) is 0 Å². The van der Waals surface area contributed by atoms with Gasteiger partial charge in [0.2, 0.25) is 5.88 Å². The first-order valence-corrected chi connectivity index (χ1v) is 5.81. The van der Waals surface area contributed by atoms with Crippen LogP contribution in [0.4, 0.5) is 5.69 Å². The highest BCUT2D eigenvalue weighted by Gasteiger charge is 2.04. The maximum Gasteiger partial charge on any atom is 0.211 e. The first-order chi connectivity index (χ1) is 8.70. The summed E-state index contributed by atoms with van der Waals surface area (Å²) >= 11 is 0. The Morgan fingerprint density at radius 2 is 2.11 bits per heavy atom. The van der Waals surface area contributed by atoms with Gasteiger partial charge in [-0.1, -0.05) is 18.2 Å². The number of nitrogens with one attached hydrogen (secondary N) is 1. The van der Waals surface area contributed by atoms with E-state index in [0.29, 0.717) is 6.54 Å². The van der Waals surface area contributed by atoms with E-state index >= 15 is 0 Å². The lowest BCUT2D eigenvalue weighted by molar-refractivity contribution is 0.373. The zero-order chi connectivity index (χ0) is 13.0. The maximum absolute atomic E-state index is 5.87. The van der Waals surface area contributed by atoms with Crippen molar-refractivity contribution in [1.82, 2.24) is 15.1 Å². The topological polar surface area (TPSA) is 65.1 Å². The molecule has 0 saturated heterocycles. The molecule has 0 bridgehead atoms. The second-order valence-electron chi connectivity index (χ2n) is 4.10. The van der Waals surface area contributed by atoms with E-state index in [-0.39, 0.29) is 0 Å². The Morgan fingerprint density at radius 3 is 2.78 bits per heavy atom. The molecule has 2 aromatic rings. The predicted molar refractivity (Wildman–Crippen MR) is 71.2 cm³/mol. The van der Waals surface area contributed by atoms with Gasteiger partial charge in [0.15, 0.2) is 0 Å². The molecule has 0 aliphatic rings. The van der Waals surface area contributed by atoms with Gasteiger partial charge >= 0.3 is 0 Å². The molecule has 0 amide bonds. The molecule has 18 heavy (non-hydrogen) atoms. The number of hydrogen-bond acceptors (Lipinski definition) is 4. The fraction of sp³-hybridized carbons (Fsp3) is 0.308. The molecule has 0 saturated carbocycles. The summed E-state index contributed by atoms with van der Waals surface area (Å²) < 4.78 is 6.88. The summed E-state index contributed by atoms with van der Waals surface area (Å²) in [5.41, 5.74) is 8.72. The number of nitrogens with two attached hydrogens (primary N) is 1. The smallest absolute Gasteiger partial charge is 0.211 e. The molecule has 0 aliphatic carbocycles. The van der Waals surface area contributed by atoms with E-state index in [9.17, 15) is 0 Å². The van der Waals surface area contributed by atoms with Crippen LogP contribution in [0.2, 0.25) is 0 Å². The van der Waals surface area contributed by atoms with E-state index in [0.717, 1.165) is 29.4 Å². The Morgan fingerprint density at radius 1 is 1.33 bits per heavy atom. The van der Waals surface area contributed by atoms with Crippen LogP contribution in [0.25, 0.3) is 0 Å². The van der Waals surface area contributed by atoms with Crippen LogP contribution in [0, 0.1) is 0 Å². The van der Waals surface area contributed by atoms with Crippen LogP contribution in [-0.2, 0) is 20.1 Å². The Balaban J connectivity index is 1.90. The largest absolute Gasteiger partial charge is 0.481 e. The van der Waals surface area contributed by atoms with Crippen molar-refractivity contribution in [2.45, 2.75) is 13.1 Å². The molecule has 0 radical (unpaired) electrons. The number of aromatic nitrogens is 2. The van der Waals surface area contributed by atoms with E-state index in [1.807, 2.05) is 37.4 Å². The monoisotopic (exact) mass is 246 g/mol. The molecule has 5 heteroatoms. The maximum atomic E-state index is 5.87. The molecule has 2 rings (SSSR count). The van der Waals surface area contributed by atoms with Crippen molar-refractivity contribution in [3.8, 4) is 5.88 Å². The van der Waals surface area contributed by atoms with Gasteiger partial charge in [-0.25, -0.2) is 4.68 Å². The molecular formula is C13H18N4O. The summed E-state index contributed by atoms with van der Waals surface area (Å²) in [6.07, 6.45) is 0. The number of methoxy groups -OCH3 is 1. The van der Waals surface area contributed by atoms with Crippen LogP contribution in [-0.4, -0.2) is 16.9 Å². The second kappa shape index (κ2) is 5.55. The number of rotatable bonds is 5. The lowest BCUT2D eigenvalue weighted by Gasteiger charge is -2.05. The van der Waals surface area contributed by atoms with Gasteiger partial charge in [0, 0.05) is 31.9 Å². The summed E-state index contributed by atoms with van der Waals surface area (Å²) in [5, 5.41) is 7.65. The van der Waals surface area contributed by atoms with Gasteiger partial charge in [-0.05, 0) is 11.6 Å². The Labute approximate surface area is 107 Å². The zero-order valence-electron chi connectivity index (χ0n) is 10.7. The highest BCUT2D eigenvalue weighted by molar-refractivity contribution is 5.46. The van der Waals surface area contributed by atoms with Crippen LogP contribution >= 0.6 is 0 Å². The quantitative estimate of drug-likeness (QED) is 0.780. The molecule has 0 spiro atoms. The van der Waals surface area contributed by atoms with Crippen molar-refractivity contribution < 1.29 is 4.74 Å². The lowest BCUT2D eigenvalue weighted by atomic mass is 10.2. The lowest BCUT2D eigenvalue weighted by Crippen LogP contribution is -2.14. The number of nitrogens with zero attached hydrogens (tertiary/aromatic N) is 2. The zero-order valence-corrected chi connectivity index (χ0v) is 10.7. The van der Waals surface area contributed by atoms with E-state index < -0.39 is 0 Å². The molecule has 96 valence electrons. The Bertz CT molecular complexity index is 521. The first kappa shape index (κ1) is 12.4.